The van der Waals surface area contributed by atoms with Crippen LogP contribution in [0.25, 0.3) is 0 Å². The van der Waals surface area contributed by atoms with Crippen molar-refractivity contribution in [3.05, 3.63) is 0 Å². The van der Waals surface area contributed by atoms with Gasteiger partial charge in [0.15, 0.2) is 0 Å². The van der Waals surface area contributed by atoms with Gasteiger partial charge < -0.3 is 14.4 Å². The third-order valence-electron chi connectivity index (χ3n) is 2.86. The van der Waals surface area contributed by atoms with Gasteiger partial charge in [0.25, 0.3) is 0 Å². The van der Waals surface area contributed by atoms with Crippen molar-refractivity contribution in [2.75, 3.05) is 20.3 Å². The molecule has 0 N–H and O–H groups in total. The van der Waals surface area contributed by atoms with Crippen molar-refractivity contribution >= 4 is 6.09 Å². The van der Waals surface area contributed by atoms with Gasteiger partial charge in [0.05, 0.1) is 12.6 Å². The third kappa shape index (κ3) is 4.94. The Morgan fingerprint density at radius 1 is 1.29 bits per heavy atom. The number of rotatable bonds is 2. The summed E-state index contributed by atoms with van der Waals surface area (Å²) in [7, 11) is 1.68. The maximum Gasteiger partial charge on any atom is 0.410 e. The first-order valence-corrected chi connectivity index (χ1v) is 6.42. The number of hydrogen-bond acceptors (Lipinski definition) is 3. The first kappa shape index (κ1) is 14.3. The highest BCUT2D eigenvalue weighted by Crippen LogP contribution is 2.20. The van der Waals surface area contributed by atoms with Crippen LogP contribution in [0.5, 0.6) is 0 Å². The van der Waals surface area contributed by atoms with E-state index in [1.807, 2.05) is 25.7 Å². The second-order valence-electron chi connectivity index (χ2n) is 5.63. The van der Waals surface area contributed by atoms with Crippen LogP contribution in [0.2, 0.25) is 0 Å². The summed E-state index contributed by atoms with van der Waals surface area (Å²) in [4.78, 5) is 13.9. The summed E-state index contributed by atoms with van der Waals surface area (Å²) in [6.07, 6.45) is 4.20. The topological polar surface area (TPSA) is 38.8 Å². The number of methoxy groups -OCH3 is 1. The van der Waals surface area contributed by atoms with E-state index in [4.69, 9.17) is 9.47 Å². The fourth-order valence-electron chi connectivity index (χ4n) is 2.10. The van der Waals surface area contributed by atoms with Crippen molar-refractivity contribution in [3.8, 4) is 0 Å². The van der Waals surface area contributed by atoms with Gasteiger partial charge in [-0.25, -0.2) is 4.79 Å². The summed E-state index contributed by atoms with van der Waals surface area (Å²) in [5.41, 5.74) is -0.430. The molecule has 0 aromatic carbocycles. The number of likely N-dealkylation sites (tertiary alicyclic amines) is 1. The Balaban J connectivity index is 2.64. The standard InChI is InChI=1S/C13H25NO3/c1-13(2,3)17-12(15)14-9-7-5-6-8-11(14)10-16-4/h11H,5-10H2,1-4H3/t11-/m0/s1. The SMILES string of the molecule is COC[C@@H]1CCCCCN1C(=O)OC(C)(C)C. The molecular formula is C13H25NO3. The minimum Gasteiger partial charge on any atom is -0.444 e. The van der Waals surface area contributed by atoms with E-state index in [0.29, 0.717) is 6.61 Å². The van der Waals surface area contributed by atoms with Crippen molar-refractivity contribution in [2.24, 2.45) is 0 Å². The monoisotopic (exact) mass is 243 g/mol. The number of hydrogen-bond donors (Lipinski definition) is 0. The number of nitrogens with zero attached hydrogens (tertiary/aromatic N) is 1. The molecule has 0 saturated carbocycles. The molecule has 1 saturated heterocycles. The van der Waals surface area contributed by atoms with E-state index >= 15 is 0 Å². The molecule has 1 atom stereocenters. The molecule has 0 unspecified atom stereocenters. The molecule has 1 rings (SSSR count). The lowest BCUT2D eigenvalue weighted by Gasteiger charge is -2.31. The van der Waals surface area contributed by atoms with Crippen LogP contribution in [0.3, 0.4) is 0 Å². The molecule has 0 aliphatic carbocycles. The quantitative estimate of drug-likeness (QED) is 0.748. The zero-order chi connectivity index (χ0) is 12.9. The van der Waals surface area contributed by atoms with Crippen molar-refractivity contribution in [1.29, 1.82) is 0 Å². The molecule has 0 aromatic heterocycles. The Hall–Kier alpha value is -0.770. The number of ether oxygens (including phenoxy) is 2. The molecule has 1 amide bonds. The molecule has 0 radical (unpaired) electrons. The van der Waals surface area contributed by atoms with Crippen LogP contribution in [-0.2, 0) is 9.47 Å². The van der Waals surface area contributed by atoms with Gasteiger partial charge in [-0.3, -0.25) is 0 Å². The van der Waals surface area contributed by atoms with Crippen LogP contribution in [0.4, 0.5) is 4.79 Å². The molecule has 0 spiro atoms. The predicted molar refractivity (Wildman–Crippen MR) is 67.1 cm³/mol. The Kier molecular flexibility index (Phi) is 5.25. The molecule has 4 heteroatoms. The van der Waals surface area contributed by atoms with Crippen molar-refractivity contribution < 1.29 is 14.3 Å². The maximum absolute atomic E-state index is 12.1. The van der Waals surface area contributed by atoms with Gasteiger partial charge in [0.1, 0.15) is 5.60 Å². The smallest absolute Gasteiger partial charge is 0.410 e. The molecule has 100 valence electrons. The van der Waals surface area contributed by atoms with Crippen LogP contribution in [0, 0.1) is 0 Å². The summed E-state index contributed by atoms with van der Waals surface area (Å²) in [6.45, 7) is 7.07. The molecule has 1 aliphatic rings. The zero-order valence-corrected chi connectivity index (χ0v) is 11.5. The highest BCUT2D eigenvalue weighted by Gasteiger charge is 2.29. The number of amides is 1. The lowest BCUT2D eigenvalue weighted by molar-refractivity contribution is 0.00660. The lowest BCUT2D eigenvalue weighted by Crippen LogP contribution is -2.45. The number of carbonyl (C=O) groups excluding carboxylic acids is 1. The minimum absolute atomic E-state index is 0.164. The molecule has 4 nitrogen and oxygen atoms in total. The molecule has 17 heavy (non-hydrogen) atoms. The van der Waals surface area contributed by atoms with E-state index in [9.17, 15) is 4.79 Å². The maximum atomic E-state index is 12.1. The predicted octanol–water partition coefficient (Wildman–Crippen LogP) is 2.81. The van der Waals surface area contributed by atoms with E-state index in [-0.39, 0.29) is 12.1 Å². The lowest BCUT2D eigenvalue weighted by atomic mass is 10.1. The van der Waals surface area contributed by atoms with Gasteiger partial charge >= 0.3 is 6.09 Å². The second kappa shape index (κ2) is 6.24. The third-order valence-corrected chi connectivity index (χ3v) is 2.86. The highest BCUT2D eigenvalue weighted by atomic mass is 16.6. The van der Waals surface area contributed by atoms with E-state index in [1.54, 1.807) is 7.11 Å². The Morgan fingerprint density at radius 2 is 2.00 bits per heavy atom. The zero-order valence-electron chi connectivity index (χ0n) is 11.5. The van der Waals surface area contributed by atoms with E-state index in [2.05, 4.69) is 0 Å². The van der Waals surface area contributed by atoms with Gasteiger partial charge in [-0.15, -0.1) is 0 Å². The largest absolute Gasteiger partial charge is 0.444 e. The molecular weight excluding hydrogens is 218 g/mol. The highest BCUT2D eigenvalue weighted by molar-refractivity contribution is 5.68. The van der Waals surface area contributed by atoms with Crippen LogP contribution < -0.4 is 0 Å². The van der Waals surface area contributed by atoms with Crippen LogP contribution in [-0.4, -0.2) is 42.9 Å². The first-order valence-electron chi connectivity index (χ1n) is 6.42. The summed E-state index contributed by atoms with van der Waals surface area (Å²) in [5, 5.41) is 0. The molecule has 1 heterocycles. The minimum atomic E-state index is -0.430. The van der Waals surface area contributed by atoms with E-state index in [0.717, 1.165) is 25.8 Å². The summed E-state index contributed by atoms with van der Waals surface area (Å²) in [5.74, 6) is 0. The number of carbonyl (C=O) groups is 1. The second-order valence-corrected chi connectivity index (χ2v) is 5.63. The summed E-state index contributed by atoms with van der Waals surface area (Å²) < 4.78 is 10.6. The molecule has 0 bridgehead atoms. The van der Waals surface area contributed by atoms with E-state index in [1.165, 1.54) is 6.42 Å². The van der Waals surface area contributed by atoms with Crippen LogP contribution >= 0.6 is 0 Å². The van der Waals surface area contributed by atoms with Crippen molar-refractivity contribution in [1.82, 2.24) is 4.90 Å². The Bertz CT molecular complexity index is 248. The van der Waals surface area contributed by atoms with Gasteiger partial charge in [0, 0.05) is 13.7 Å². The normalized spacial score (nSPS) is 22.1. The fraction of sp³-hybridized carbons (Fsp3) is 0.923. The summed E-state index contributed by atoms with van der Waals surface area (Å²) in [6, 6.07) is 0.164. The van der Waals surface area contributed by atoms with Crippen LogP contribution in [0.15, 0.2) is 0 Å². The average Bonchev–Trinajstić information content (AvgIpc) is 2.41. The Labute approximate surface area is 104 Å². The molecule has 0 aromatic rings. The van der Waals surface area contributed by atoms with Gasteiger partial charge in [-0.05, 0) is 33.6 Å². The van der Waals surface area contributed by atoms with Gasteiger partial charge in [-0.2, -0.15) is 0 Å². The van der Waals surface area contributed by atoms with Gasteiger partial charge in [-0.1, -0.05) is 12.8 Å². The van der Waals surface area contributed by atoms with Crippen molar-refractivity contribution in [3.63, 3.8) is 0 Å². The van der Waals surface area contributed by atoms with Crippen LogP contribution in [0.1, 0.15) is 46.5 Å². The molecule has 1 fully saturated rings. The van der Waals surface area contributed by atoms with Crippen molar-refractivity contribution in [2.45, 2.75) is 58.1 Å². The fourth-order valence-corrected chi connectivity index (χ4v) is 2.10. The van der Waals surface area contributed by atoms with E-state index < -0.39 is 5.60 Å². The molecule has 1 aliphatic heterocycles. The van der Waals surface area contributed by atoms with Gasteiger partial charge in [0.2, 0.25) is 0 Å². The summed E-state index contributed by atoms with van der Waals surface area (Å²) >= 11 is 0. The average molecular weight is 243 g/mol. The first-order chi connectivity index (χ1) is 7.94. The Morgan fingerprint density at radius 3 is 2.59 bits per heavy atom.